The van der Waals surface area contributed by atoms with Gasteiger partial charge in [0.2, 0.25) is 0 Å². The van der Waals surface area contributed by atoms with Crippen LogP contribution < -0.4 is 10.5 Å². The highest BCUT2D eigenvalue weighted by Gasteiger charge is 2.49. The molecule has 16 heavy (non-hydrogen) atoms. The van der Waals surface area contributed by atoms with E-state index in [0.717, 1.165) is 12.8 Å². The average molecular weight is 247 g/mol. The number of amidine groups is 1. The number of hydrogen-bond acceptors (Lipinski definition) is 4. The van der Waals surface area contributed by atoms with Crippen molar-refractivity contribution in [1.82, 2.24) is 4.72 Å². The largest absolute Gasteiger partial charge is 0.598 e. The minimum absolute atomic E-state index is 0.104. The minimum atomic E-state index is -1.23. The molecule has 1 aliphatic carbocycles. The van der Waals surface area contributed by atoms with E-state index >= 15 is 0 Å². The van der Waals surface area contributed by atoms with E-state index in [1.165, 1.54) is 0 Å². The Bertz CT molecular complexity index is 286. The Hall–Kier alpha value is -0.460. The molecule has 1 aliphatic rings. The van der Waals surface area contributed by atoms with Crippen molar-refractivity contribution in [3.05, 3.63) is 0 Å². The van der Waals surface area contributed by atoms with Crippen molar-refractivity contribution in [2.45, 2.75) is 50.8 Å². The van der Waals surface area contributed by atoms with Gasteiger partial charge in [0, 0.05) is 11.4 Å². The van der Waals surface area contributed by atoms with Gasteiger partial charge < -0.3 is 15.5 Å². The van der Waals surface area contributed by atoms with E-state index in [0.29, 0.717) is 5.92 Å². The first-order valence-corrected chi connectivity index (χ1v) is 6.54. The normalized spacial score (nSPS) is 23.9. The third-order valence-electron chi connectivity index (χ3n) is 2.89. The Morgan fingerprint density at radius 3 is 2.25 bits per heavy atom. The third-order valence-corrected chi connectivity index (χ3v) is 4.62. The molecule has 94 valence electrons. The van der Waals surface area contributed by atoms with Gasteiger partial charge in [-0.15, -0.1) is 4.72 Å². The zero-order valence-corrected chi connectivity index (χ0v) is 11.1. The minimum Gasteiger partial charge on any atom is -0.598 e. The summed E-state index contributed by atoms with van der Waals surface area (Å²) < 4.78 is 14.7. The number of nitrogens with two attached hydrogens (primary N) is 1. The summed E-state index contributed by atoms with van der Waals surface area (Å²) >= 11 is -1.23. The molecule has 0 aromatic heterocycles. The number of nitrogens with zero attached hydrogens (tertiary/aromatic N) is 1. The second-order valence-corrected chi connectivity index (χ2v) is 7.41. The first-order valence-electron chi connectivity index (χ1n) is 5.39. The van der Waals surface area contributed by atoms with E-state index in [9.17, 15) is 4.55 Å². The number of oxime groups is 1. The Morgan fingerprint density at radius 2 is 1.94 bits per heavy atom. The molecule has 0 amide bonds. The van der Waals surface area contributed by atoms with Crippen LogP contribution in [0.25, 0.3) is 0 Å². The summed E-state index contributed by atoms with van der Waals surface area (Å²) in [7, 11) is 0. The Kier molecular flexibility index (Phi) is 3.76. The molecule has 4 N–H and O–H groups in total. The van der Waals surface area contributed by atoms with Crippen LogP contribution in [-0.4, -0.2) is 25.9 Å². The molecular weight excluding hydrogens is 226 g/mol. The van der Waals surface area contributed by atoms with Crippen molar-refractivity contribution < 1.29 is 9.76 Å². The molecule has 1 unspecified atom stereocenters. The molecule has 0 bridgehead atoms. The van der Waals surface area contributed by atoms with Crippen molar-refractivity contribution in [2.24, 2.45) is 16.8 Å². The van der Waals surface area contributed by atoms with Crippen LogP contribution in [0.5, 0.6) is 0 Å². The zero-order valence-electron chi connectivity index (χ0n) is 10.3. The average Bonchev–Trinajstić information content (AvgIpc) is 2.97. The van der Waals surface area contributed by atoms with Crippen molar-refractivity contribution in [2.75, 3.05) is 0 Å². The SMILES string of the molecule is CC(N[S@+]([O-])C(C)(C)C)(/C(N)=N/O)C1CC1. The highest BCUT2D eigenvalue weighted by Crippen LogP contribution is 2.40. The maximum Gasteiger partial charge on any atom is 0.163 e. The fourth-order valence-corrected chi connectivity index (χ4v) is 2.42. The first-order chi connectivity index (χ1) is 7.21. The van der Waals surface area contributed by atoms with Crippen LogP contribution >= 0.6 is 0 Å². The van der Waals surface area contributed by atoms with Gasteiger partial charge in [0.05, 0.1) is 0 Å². The van der Waals surface area contributed by atoms with Gasteiger partial charge in [-0.05, 0) is 46.5 Å². The van der Waals surface area contributed by atoms with Crippen LogP contribution in [0.15, 0.2) is 5.16 Å². The molecule has 2 atom stereocenters. The van der Waals surface area contributed by atoms with Crippen molar-refractivity contribution in [1.29, 1.82) is 0 Å². The van der Waals surface area contributed by atoms with Gasteiger partial charge in [-0.3, -0.25) is 0 Å². The summed E-state index contributed by atoms with van der Waals surface area (Å²) in [5, 5.41) is 11.8. The Balaban J connectivity index is 2.80. The molecule has 1 rings (SSSR count). The molecule has 6 heteroatoms. The van der Waals surface area contributed by atoms with Gasteiger partial charge in [0.15, 0.2) is 5.84 Å². The zero-order chi connectivity index (χ0) is 12.6. The highest BCUT2D eigenvalue weighted by atomic mass is 32.2. The second kappa shape index (κ2) is 4.43. The van der Waals surface area contributed by atoms with Crippen molar-refractivity contribution in [3.8, 4) is 0 Å². The fourth-order valence-electron chi connectivity index (χ4n) is 1.45. The summed E-state index contributed by atoms with van der Waals surface area (Å²) in [4.78, 5) is 0. The molecule has 0 radical (unpaired) electrons. The lowest BCUT2D eigenvalue weighted by molar-refractivity contribution is 0.308. The van der Waals surface area contributed by atoms with Gasteiger partial charge >= 0.3 is 0 Å². The first kappa shape index (κ1) is 13.6. The molecule has 1 fully saturated rings. The monoisotopic (exact) mass is 247 g/mol. The smallest absolute Gasteiger partial charge is 0.163 e. The lowest BCUT2D eigenvalue weighted by Gasteiger charge is -2.34. The fraction of sp³-hybridized carbons (Fsp3) is 0.900. The van der Waals surface area contributed by atoms with Crippen LogP contribution in [0, 0.1) is 5.92 Å². The maximum atomic E-state index is 12.0. The lowest BCUT2D eigenvalue weighted by Crippen LogP contribution is -2.59. The molecule has 0 aromatic carbocycles. The van der Waals surface area contributed by atoms with E-state index in [1.54, 1.807) is 0 Å². The number of rotatable bonds is 4. The molecule has 0 aliphatic heterocycles. The van der Waals surface area contributed by atoms with E-state index in [2.05, 4.69) is 9.88 Å². The molecule has 0 saturated heterocycles. The third kappa shape index (κ3) is 2.81. The predicted molar refractivity (Wildman–Crippen MR) is 65.6 cm³/mol. The molecule has 0 spiro atoms. The lowest BCUT2D eigenvalue weighted by atomic mass is 9.96. The highest BCUT2D eigenvalue weighted by molar-refractivity contribution is 7.90. The van der Waals surface area contributed by atoms with Crippen molar-refractivity contribution >= 4 is 17.2 Å². The Morgan fingerprint density at radius 1 is 1.44 bits per heavy atom. The molecule has 1 saturated carbocycles. The summed E-state index contributed by atoms with van der Waals surface area (Å²) in [5.41, 5.74) is 5.01. The standard InChI is InChI=1S/C10H21N3O2S/c1-9(2,3)16(15)13-10(4,7-5-6-7)8(11)12-14/h7,13-14H,5-6H2,1-4H3,(H2,11,12)/t10?,16-/m1/s1. The van der Waals surface area contributed by atoms with Crippen LogP contribution in [0.4, 0.5) is 0 Å². The summed E-state index contributed by atoms with van der Waals surface area (Å²) in [6.07, 6.45) is 2.03. The molecule has 0 aromatic rings. The van der Waals surface area contributed by atoms with Crippen LogP contribution in [-0.2, 0) is 11.4 Å². The van der Waals surface area contributed by atoms with Gasteiger partial charge in [-0.1, -0.05) is 5.16 Å². The van der Waals surface area contributed by atoms with Crippen LogP contribution in [0.3, 0.4) is 0 Å². The predicted octanol–water partition coefficient (Wildman–Crippen LogP) is 0.953. The summed E-state index contributed by atoms with van der Waals surface area (Å²) in [5.74, 6) is 0.405. The Labute approximate surface area is 99.8 Å². The summed E-state index contributed by atoms with van der Waals surface area (Å²) in [6, 6.07) is 0. The van der Waals surface area contributed by atoms with Crippen LogP contribution in [0.1, 0.15) is 40.5 Å². The van der Waals surface area contributed by atoms with Gasteiger partial charge in [0.1, 0.15) is 10.3 Å². The number of nitrogens with one attached hydrogen (secondary N) is 1. The number of hydrogen-bond donors (Lipinski definition) is 3. The topological polar surface area (TPSA) is 93.7 Å². The molecule has 5 nitrogen and oxygen atoms in total. The maximum absolute atomic E-state index is 12.0. The van der Waals surface area contributed by atoms with Crippen LogP contribution in [0.2, 0.25) is 0 Å². The van der Waals surface area contributed by atoms with E-state index in [1.807, 2.05) is 27.7 Å². The second-order valence-electron chi connectivity index (χ2n) is 5.45. The van der Waals surface area contributed by atoms with Crippen molar-refractivity contribution in [3.63, 3.8) is 0 Å². The van der Waals surface area contributed by atoms with Gasteiger partial charge in [-0.25, -0.2) is 0 Å². The van der Waals surface area contributed by atoms with E-state index in [4.69, 9.17) is 10.9 Å². The summed E-state index contributed by atoms with van der Waals surface area (Å²) in [6.45, 7) is 7.49. The van der Waals surface area contributed by atoms with Gasteiger partial charge in [0.25, 0.3) is 0 Å². The van der Waals surface area contributed by atoms with Gasteiger partial charge in [-0.2, -0.15) is 0 Å². The van der Waals surface area contributed by atoms with E-state index in [-0.39, 0.29) is 10.6 Å². The van der Waals surface area contributed by atoms with E-state index < -0.39 is 16.9 Å². The molecule has 0 heterocycles. The molecular formula is C10H21N3O2S. The quantitative estimate of drug-likeness (QED) is 0.227.